The van der Waals surface area contributed by atoms with E-state index in [-0.39, 0.29) is 5.56 Å². The molecule has 7 rings (SSSR count). The molecule has 3 aliphatic heterocycles. The Morgan fingerprint density at radius 3 is 2.73 bits per heavy atom. The number of aromatic nitrogens is 5. The van der Waals surface area contributed by atoms with Gasteiger partial charge < -0.3 is 18.9 Å². The van der Waals surface area contributed by atoms with Crippen molar-refractivity contribution in [3.8, 4) is 0 Å². The Kier molecular flexibility index (Phi) is 5.20. The zero-order chi connectivity index (χ0) is 25.1. The quantitative estimate of drug-likeness (QED) is 0.423. The van der Waals surface area contributed by atoms with Gasteiger partial charge in [-0.25, -0.2) is 9.48 Å². The van der Waals surface area contributed by atoms with Crippen LogP contribution < -0.4 is 16.6 Å². The largest absolute Gasteiger partial charge is 0.421 e. The lowest BCUT2D eigenvalue weighted by Gasteiger charge is -2.30. The summed E-state index contributed by atoms with van der Waals surface area (Å²) < 4.78 is 20.8. The number of allylic oxidation sites excluding steroid dienone is 2. The standard InChI is InChI=1S/C26H28N6O5/c1-14-29-30-24(36-14)21-18(5-3-15-7-11-35-12-8-15)27-23-22(25(33)32-10-2-9-31(23)32)20(21)16-4-6-17-19(13-16)37-26(34)28-17/h4,6,13,15,20,27H,2-3,5,7-12H2,1H3,(H,28,34). The minimum absolute atomic E-state index is 0.0298. The number of fused-ring (bicyclic) bond motifs is 4. The number of rotatable bonds is 5. The molecule has 37 heavy (non-hydrogen) atoms. The van der Waals surface area contributed by atoms with Gasteiger partial charge in [-0.05, 0) is 55.7 Å². The summed E-state index contributed by atoms with van der Waals surface area (Å²) in [6.07, 6.45) is 4.77. The van der Waals surface area contributed by atoms with E-state index in [2.05, 4.69) is 25.2 Å². The second-order valence-corrected chi connectivity index (χ2v) is 10.1. The molecule has 11 heteroatoms. The van der Waals surface area contributed by atoms with Gasteiger partial charge in [0.25, 0.3) is 5.56 Å². The first-order chi connectivity index (χ1) is 18.1. The van der Waals surface area contributed by atoms with Crippen molar-refractivity contribution < 1.29 is 13.6 Å². The van der Waals surface area contributed by atoms with Crippen molar-refractivity contribution in [1.82, 2.24) is 24.5 Å². The smallest absolute Gasteiger partial charge is 0.417 e. The summed E-state index contributed by atoms with van der Waals surface area (Å²) >= 11 is 0. The maximum Gasteiger partial charge on any atom is 0.417 e. The maximum atomic E-state index is 13.8. The van der Waals surface area contributed by atoms with E-state index >= 15 is 0 Å². The monoisotopic (exact) mass is 504 g/mol. The molecule has 192 valence electrons. The number of aryl methyl sites for hydroxylation is 1. The van der Waals surface area contributed by atoms with E-state index in [1.165, 1.54) is 0 Å². The van der Waals surface area contributed by atoms with E-state index in [1.807, 2.05) is 22.9 Å². The molecular weight excluding hydrogens is 476 g/mol. The van der Waals surface area contributed by atoms with Crippen LogP contribution in [-0.4, -0.2) is 37.8 Å². The highest BCUT2D eigenvalue weighted by Gasteiger charge is 2.40. The van der Waals surface area contributed by atoms with Crippen LogP contribution in [0.5, 0.6) is 0 Å². The number of ether oxygens (including phenoxy) is 1. The first-order valence-corrected chi connectivity index (χ1v) is 12.9. The summed E-state index contributed by atoms with van der Waals surface area (Å²) in [6, 6.07) is 5.58. The molecule has 4 aromatic rings. The zero-order valence-corrected chi connectivity index (χ0v) is 20.6. The predicted molar refractivity (Wildman–Crippen MR) is 134 cm³/mol. The Morgan fingerprint density at radius 1 is 1.08 bits per heavy atom. The number of hydrogen-bond acceptors (Lipinski definition) is 8. The van der Waals surface area contributed by atoms with E-state index < -0.39 is 11.7 Å². The lowest BCUT2D eigenvalue weighted by molar-refractivity contribution is 0.0640. The van der Waals surface area contributed by atoms with Gasteiger partial charge in [-0.2, -0.15) is 0 Å². The SMILES string of the molecule is Cc1nnc(C2=C(CCC3CCOCC3)Nc3c(c(=O)n4n3CCC4)C2c2ccc3[nH]c(=O)oc3c2)o1. The number of oxazole rings is 1. The summed E-state index contributed by atoms with van der Waals surface area (Å²) in [6.45, 7) is 4.81. The van der Waals surface area contributed by atoms with Gasteiger partial charge in [-0.1, -0.05) is 6.07 Å². The van der Waals surface area contributed by atoms with Gasteiger partial charge in [0.15, 0.2) is 5.58 Å². The molecule has 2 N–H and O–H groups in total. The number of hydrogen-bond donors (Lipinski definition) is 2. The molecule has 0 amide bonds. The van der Waals surface area contributed by atoms with Crippen molar-refractivity contribution in [2.45, 2.75) is 58.0 Å². The Hall–Kier alpha value is -3.86. The third kappa shape index (κ3) is 3.67. The lowest BCUT2D eigenvalue weighted by Crippen LogP contribution is -2.25. The molecule has 1 saturated heterocycles. The van der Waals surface area contributed by atoms with Crippen molar-refractivity contribution in [2.75, 3.05) is 18.5 Å². The van der Waals surface area contributed by atoms with E-state index in [9.17, 15) is 9.59 Å². The third-order valence-electron chi connectivity index (χ3n) is 7.86. The molecule has 1 fully saturated rings. The van der Waals surface area contributed by atoms with Crippen LogP contribution in [0.3, 0.4) is 0 Å². The molecule has 0 bridgehead atoms. The maximum absolute atomic E-state index is 13.8. The molecule has 0 radical (unpaired) electrons. The molecule has 1 unspecified atom stereocenters. The second-order valence-electron chi connectivity index (χ2n) is 10.1. The zero-order valence-electron chi connectivity index (χ0n) is 20.6. The van der Waals surface area contributed by atoms with Crippen molar-refractivity contribution in [3.63, 3.8) is 0 Å². The van der Waals surface area contributed by atoms with Gasteiger partial charge in [0.05, 0.1) is 17.0 Å². The van der Waals surface area contributed by atoms with Crippen molar-refractivity contribution in [2.24, 2.45) is 5.92 Å². The van der Waals surface area contributed by atoms with Crippen molar-refractivity contribution in [1.29, 1.82) is 0 Å². The molecule has 1 aromatic carbocycles. The van der Waals surface area contributed by atoms with E-state index in [0.717, 1.165) is 74.5 Å². The van der Waals surface area contributed by atoms with Gasteiger partial charge in [-0.3, -0.25) is 14.5 Å². The van der Waals surface area contributed by atoms with E-state index in [4.69, 9.17) is 13.6 Å². The summed E-state index contributed by atoms with van der Waals surface area (Å²) in [7, 11) is 0. The van der Waals surface area contributed by atoms with Crippen LogP contribution in [0.25, 0.3) is 16.7 Å². The third-order valence-corrected chi connectivity index (χ3v) is 7.86. The highest BCUT2D eigenvalue weighted by molar-refractivity contribution is 5.83. The average Bonchev–Trinajstić information content (AvgIpc) is 3.68. The fourth-order valence-electron chi connectivity index (χ4n) is 6.07. The summed E-state index contributed by atoms with van der Waals surface area (Å²) in [4.78, 5) is 28.3. The molecule has 11 nitrogen and oxygen atoms in total. The van der Waals surface area contributed by atoms with Crippen LogP contribution in [0.4, 0.5) is 5.82 Å². The average molecular weight is 505 g/mol. The van der Waals surface area contributed by atoms with Gasteiger partial charge in [0.2, 0.25) is 11.8 Å². The number of aromatic amines is 1. The molecule has 0 aliphatic carbocycles. The van der Waals surface area contributed by atoms with Gasteiger partial charge >= 0.3 is 5.76 Å². The second kappa shape index (κ2) is 8.62. The van der Waals surface area contributed by atoms with Crippen molar-refractivity contribution >= 4 is 22.5 Å². The Morgan fingerprint density at radius 2 is 1.92 bits per heavy atom. The Bertz CT molecular complexity index is 1640. The number of H-pyrrole nitrogens is 1. The lowest BCUT2D eigenvalue weighted by atomic mass is 9.80. The molecule has 0 saturated carbocycles. The highest BCUT2D eigenvalue weighted by Crippen LogP contribution is 2.47. The highest BCUT2D eigenvalue weighted by atomic mass is 16.5. The number of nitrogens with one attached hydrogen (secondary N) is 2. The first kappa shape index (κ1) is 22.3. The molecular formula is C26H28N6O5. The summed E-state index contributed by atoms with van der Waals surface area (Å²) in [5.41, 5.74) is 4.29. The number of nitrogens with zero attached hydrogens (tertiary/aromatic N) is 4. The van der Waals surface area contributed by atoms with Crippen LogP contribution in [0, 0.1) is 12.8 Å². The molecule has 0 spiro atoms. The fourth-order valence-corrected chi connectivity index (χ4v) is 6.07. The van der Waals surface area contributed by atoms with Crippen molar-refractivity contribution in [3.05, 3.63) is 67.7 Å². The summed E-state index contributed by atoms with van der Waals surface area (Å²) in [5, 5.41) is 12.1. The minimum Gasteiger partial charge on any atom is -0.421 e. The predicted octanol–water partition coefficient (Wildman–Crippen LogP) is 3.35. The van der Waals surface area contributed by atoms with E-state index in [1.54, 1.807) is 6.92 Å². The van der Waals surface area contributed by atoms with Gasteiger partial charge in [0, 0.05) is 44.5 Å². The number of benzene rings is 1. The van der Waals surface area contributed by atoms with Crippen LogP contribution in [0.1, 0.15) is 60.9 Å². The Labute approximate surface area is 211 Å². The minimum atomic E-state index is -0.512. The number of anilines is 1. The fraction of sp³-hybridized carbons (Fsp3) is 0.462. The van der Waals surface area contributed by atoms with Crippen LogP contribution in [-0.2, 0) is 17.8 Å². The molecule has 6 heterocycles. The first-order valence-electron chi connectivity index (χ1n) is 12.9. The van der Waals surface area contributed by atoms with Crippen LogP contribution in [0.2, 0.25) is 0 Å². The topological polar surface area (TPSA) is 133 Å². The van der Waals surface area contributed by atoms with Crippen LogP contribution in [0.15, 0.2) is 42.3 Å². The normalized spacial score (nSPS) is 19.9. The van der Waals surface area contributed by atoms with Crippen LogP contribution >= 0.6 is 0 Å². The Balaban J connectivity index is 1.43. The summed E-state index contributed by atoms with van der Waals surface area (Å²) in [5.74, 6) is 1.28. The van der Waals surface area contributed by atoms with E-state index in [0.29, 0.717) is 40.9 Å². The molecule has 1 atom stereocenters. The van der Waals surface area contributed by atoms with Gasteiger partial charge in [0.1, 0.15) is 5.82 Å². The van der Waals surface area contributed by atoms with Gasteiger partial charge in [-0.15, -0.1) is 10.2 Å². The molecule has 3 aliphatic rings. The molecule has 3 aromatic heterocycles.